The van der Waals surface area contributed by atoms with E-state index in [4.69, 9.17) is 0 Å². The van der Waals surface area contributed by atoms with Crippen molar-refractivity contribution in [2.24, 2.45) is 0 Å². The van der Waals surface area contributed by atoms with Crippen LogP contribution in [0.2, 0.25) is 0 Å². The molecule has 1 N–H and O–H groups in total. The molecule has 72 valence electrons. The third-order valence-electron chi connectivity index (χ3n) is 2.17. The van der Waals surface area contributed by atoms with Crippen LogP contribution >= 0.6 is 0 Å². The van der Waals surface area contributed by atoms with Crippen LogP contribution < -0.4 is 5.32 Å². The number of halogens is 1. The Morgan fingerprint density at radius 2 is 2.23 bits per heavy atom. The van der Waals surface area contributed by atoms with Crippen LogP contribution in [0, 0.1) is 5.82 Å². The van der Waals surface area contributed by atoms with Crippen molar-refractivity contribution in [2.75, 3.05) is 7.05 Å². The summed E-state index contributed by atoms with van der Waals surface area (Å²) < 4.78 is 13.2. The third kappa shape index (κ3) is 2.77. The molecule has 1 aromatic rings. The van der Waals surface area contributed by atoms with Crippen LogP contribution in [0.3, 0.4) is 0 Å². The van der Waals surface area contributed by atoms with Gasteiger partial charge in [-0.1, -0.05) is 0 Å². The summed E-state index contributed by atoms with van der Waals surface area (Å²) in [4.78, 5) is 3.71. The molecule has 0 saturated heterocycles. The van der Waals surface area contributed by atoms with Gasteiger partial charge in [0.15, 0.2) is 0 Å². The molecule has 0 spiro atoms. The highest BCUT2D eigenvalue weighted by molar-refractivity contribution is 5.15. The summed E-state index contributed by atoms with van der Waals surface area (Å²) in [6.45, 7) is 4.07. The fourth-order valence-corrected chi connectivity index (χ4v) is 1.11. The van der Waals surface area contributed by atoms with Crippen molar-refractivity contribution in [1.29, 1.82) is 0 Å². The van der Waals surface area contributed by atoms with Crippen molar-refractivity contribution < 1.29 is 4.39 Å². The van der Waals surface area contributed by atoms with Gasteiger partial charge >= 0.3 is 0 Å². The van der Waals surface area contributed by atoms with E-state index < -0.39 is 0 Å². The van der Waals surface area contributed by atoms with Gasteiger partial charge in [-0.15, -0.1) is 0 Å². The molecule has 0 radical (unpaired) electrons. The van der Waals surface area contributed by atoms with E-state index in [0.717, 1.165) is 0 Å². The summed E-state index contributed by atoms with van der Waals surface area (Å²) in [5, 5.41) is 3.13. The van der Waals surface area contributed by atoms with E-state index in [-0.39, 0.29) is 11.4 Å². The number of hydrogen-bond donors (Lipinski definition) is 1. The zero-order valence-electron chi connectivity index (χ0n) is 8.26. The molecule has 0 amide bonds. The number of aromatic nitrogens is 1. The predicted molar refractivity (Wildman–Crippen MR) is 51.0 cm³/mol. The van der Waals surface area contributed by atoms with E-state index in [1.54, 1.807) is 12.3 Å². The standard InChI is InChI=1S/C10H15FN2/c1-10(2,12-3)6-8-4-5-13-7-9(8)11/h4-5,7,12H,6H2,1-3H3. The Morgan fingerprint density at radius 3 is 2.77 bits per heavy atom. The van der Waals surface area contributed by atoms with E-state index >= 15 is 0 Å². The minimum absolute atomic E-state index is 0.0812. The van der Waals surface area contributed by atoms with Gasteiger partial charge in [-0.2, -0.15) is 0 Å². The van der Waals surface area contributed by atoms with Crippen LogP contribution in [0.5, 0.6) is 0 Å². The van der Waals surface area contributed by atoms with Crippen molar-refractivity contribution in [3.8, 4) is 0 Å². The lowest BCUT2D eigenvalue weighted by Gasteiger charge is -2.23. The molecule has 0 aliphatic heterocycles. The maximum atomic E-state index is 13.2. The SMILES string of the molecule is CNC(C)(C)Cc1ccncc1F. The average Bonchev–Trinajstić information content (AvgIpc) is 2.09. The van der Waals surface area contributed by atoms with Gasteiger partial charge < -0.3 is 5.32 Å². The number of rotatable bonds is 3. The van der Waals surface area contributed by atoms with Crippen LogP contribution in [-0.4, -0.2) is 17.6 Å². The number of nitrogens with zero attached hydrogens (tertiary/aromatic N) is 1. The van der Waals surface area contributed by atoms with E-state index in [2.05, 4.69) is 10.3 Å². The monoisotopic (exact) mass is 182 g/mol. The van der Waals surface area contributed by atoms with Crippen molar-refractivity contribution in [1.82, 2.24) is 10.3 Å². The highest BCUT2D eigenvalue weighted by Crippen LogP contribution is 2.13. The van der Waals surface area contributed by atoms with Gasteiger partial charge in [0, 0.05) is 11.7 Å². The Kier molecular flexibility index (Phi) is 2.98. The van der Waals surface area contributed by atoms with Crippen molar-refractivity contribution in [3.05, 3.63) is 29.8 Å². The Hall–Kier alpha value is -0.960. The first kappa shape index (κ1) is 10.1. The number of hydrogen-bond acceptors (Lipinski definition) is 2. The molecule has 0 unspecified atom stereocenters. The van der Waals surface area contributed by atoms with Gasteiger partial charge in [-0.25, -0.2) is 4.39 Å². The van der Waals surface area contributed by atoms with Crippen molar-refractivity contribution >= 4 is 0 Å². The molecule has 0 aliphatic rings. The quantitative estimate of drug-likeness (QED) is 0.770. The van der Waals surface area contributed by atoms with Gasteiger partial charge in [0.1, 0.15) is 5.82 Å². The van der Waals surface area contributed by atoms with E-state index in [9.17, 15) is 4.39 Å². The zero-order valence-corrected chi connectivity index (χ0v) is 8.26. The first-order valence-corrected chi connectivity index (χ1v) is 4.32. The Bertz CT molecular complexity index is 284. The first-order chi connectivity index (χ1) is 6.05. The Labute approximate surface area is 78.2 Å². The molecule has 1 heterocycles. The maximum absolute atomic E-state index is 13.2. The van der Waals surface area contributed by atoms with Crippen molar-refractivity contribution in [2.45, 2.75) is 25.8 Å². The lowest BCUT2D eigenvalue weighted by atomic mass is 9.96. The molecular formula is C10H15FN2. The molecule has 0 aromatic carbocycles. The van der Waals surface area contributed by atoms with E-state index in [0.29, 0.717) is 12.0 Å². The molecule has 0 aliphatic carbocycles. The summed E-state index contributed by atoms with van der Waals surface area (Å²) in [6.07, 6.45) is 3.53. The lowest BCUT2D eigenvalue weighted by molar-refractivity contribution is 0.413. The summed E-state index contributed by atoms with van der Waals surface area (Å²) >= 11 is 0. The molecule has 2 nitrogen and oxygen atoms in total. The molecule has 3 heteroatoms. The summed E-state index contributed by atoms with van der Waals surface area (Å²) in [5.74, 6) is -0.231. The van der Waals surface area contributed by atoms with Crippen LogP contribution in [0.25, 0.3) is 0 Å². The molecule has 0 saturated carbocycles. The second kappa shape index (κ2) is 3.83. The minimum Gasteiger partial charge on any atom is -0.314 e. The number of likely N-dealkylation sites (N-methyl/N-ethyl adjacent to an activating group) is 1. The predicted octanol–water partition coefficient (Wildman–Crippen LogP) is 1.76. The van der Waals surface area contributed by atoms with Gasteiger partial charge in [0.05, 0.1) is 6.20 Å². The van der Waals surface area contributed by atoms with Crippen molar-refractivity contribution in [3.63, 3.8) is 0 Å². The van der Waals surface area contributed by atoms with E-state index in [1.165, 1.54) is 6.20 Å². The normalized spacial score (nSPS) is 11.7. The molecule has 1 rings (SSSR count). The second-order valence-electron chi connectivity index (χ2n) is 3.78. The number of nitrogens with one attached hydrogen (secondary N) is 1. The first-order valence-electron chi connectivity index (χ1n) is 4.32. The van der Waals surface area contributed by atoms with Gasteiger partial charge in [-0.05, 0) is 38.9 Å². The zero-order chi connectivity index (χ0) is 9.90. The topological polar surface area (TPSA) is 24.9 Å². The molecular weight excluding hydrogens is 167 g/mol. The summed E-state index contributed by atoms with van der Waals surface area (Å²) in [5.41, 5.74) is 0.622. The lowest BCUT2D eigenvalue weighted by Crippen LogP contribution is -2.38. The highest BCUT2D eigenvalue weighted by Gasteiger charge is 2.17. The molecule has 13 heavy (non-hydrogen) atoms. The number of pyridine rings is 1. The largest absolute Gasteiger partial charge is 0.314 e. The van der Waals surface area contributed by atoms with Crippen LogP contribution in [0.1, 0.15) is 19.4 Å². The van der Waals surface area contributed by atoms with Crippen LogP contribution in [-0.2, 0) is 6.42 Å². The molecule has 0 bridgehead atoms. The van der Waals surface area contributed by atoms with Gasteiger partial charge in [0.2, 0.25) is 0 Å². The third-order valence-corrected chi connectivity index (χ3v) is 2.17. The minimum atomic E-state index is -0.231. The molecule has 0 fully saturated rings. The maximum Gasteiger partial charge on any atom is 0.144 e. The van der Waals surface area contributed by atoms with Gasteiger partial charge in [0.25, 0.3) is 0 Å². The van der Waals surface area contributed by atoms with Gasteiger partial charge in [-0.3, -0.25) is 4.98 Å². The Balaban J connectivity index is 2.80. The summed E-state index contributed by atoms with van der Waals surface area (Å²) in [7, 11) is 1.87. The Morgan fingerprint density at radius 1 is 1.54 bits per heavy atom. The second-order valence-corrected chi connectivity index (χ2v) is 3.78. The highest BCUT2D eigenvalue weighted by atomic mass is 19.1. The molecule has 0 atom stereocenters. The smallest absolute Gasteiger partial charge is 0.144 e. The van der Waals surface area contributed by atoms with Crippen LogP contribution in [0.4, 0.5) is 4.39 Å². The fraction of sp³-hybridized carbons (Fsp3) is 0.500. The van der Waals surface area contributed by atoms with E-state index in [1.807, 2.05) is 20.9 Å². The fourth-order valence-electron chi connectivity index (χ4n) is 1.11. The summed E-state index contributed by atoms with van der Waals surface area (Å²) in [6, 6.07) is 1.72. The van der Waals surface area contributed by atoms with Crippen LogP contribution in [0.15, 0.2) is 18.5 Å². The average molecular weight is 182 g/mol. The molecule has 1 aromatic heterocycles.